The van der Waals surface area contributed by atoms with E-state index in [4.69, 9.17) is 5.73 Å². The second-order valence-electron chi connectivity index (χ2n) is 5.87. The number of rotatable bonds is 3. The smallest absolute Gasteiger partial charge is 0.193 e. The molecule has 0 heterocycles. The molecule has 0 saturated heterocycles. The summed E-state index contributed by atoms with van der Waals surface area (Å²) in [6.45, 7) is 4.13. The van der Waals surface area contributed by atoms with E-state index in [0.717, 1.165) is 17.7 Å². The molecule has 0 spiro atoms. The van der Waals surface area contributed by atoms with Crippen molar-refractivity contribution in [3.05, 3.63) is 65.0 Å². The summed E-state index contributed by atoms with van der Waals surface area (Å²) in [5.74, 6) is 0.360. The van der Waals surface area contributed by atoms with Crippen LogP contribution in [0, 0.1) is 19.7 Å². The van der Waals surface area contributed by atoms with Crippen molar-refractivity contribution in [1.29, 1.82) is 0 Å². The largest absolute Gasteiger partial charge is 0.370 e. The Labute approximate surface area is 130 Å². The molecule has 3 rings (SSSR count). The van der Waals surface area contributed by atoms with Gasteiger partial charge in [-0.1, -0.05) is 24.3 Å². The molecule has 0 bridgehead atoms. The zero-order valence-corrected chi connectivity index (χ0v) is 12.8. The SMILES string of the molecule is Cc1ccc(NC(N)=N[C@@H]2C[C@H]2c2ccccc2F)cc1C. The summed E-state index contributed by atoms with van der Waals surface area (Å²) in [6.07, 6.45) is 0.843. The van der Waals surface area contributed by atoms with Crippen LogP contribution in [0.15, 0.2) is 47.5 Å². The Morgan fingerprint density at radius 1 is 1.18 bits per heavy atom. The molecule has 0 unspecified atom stereocenters. The third-order valence-electron chi connectivity index (χ3n) is 4.15. The first-order chi connectivity index (χ1) is 10.5. The second-order valence-corrected chi connectivity index (χ2v) is 5.87. The van der Waals surface area contributed by atoms with E-state index in [0.29, 0.717) is 5.96 Å². The van der Waals surface area contributed by atoms with Crippen molar-refractivity contribution in [2.45, 2.75) is 32.2 Å². The highest BCUT2D eigenvalue weighted by Gasteiger charge is 2.40. The van der Waals surface area contributed by atoms with Gasteiger partial charge in [0.15, 0.2) is 5.96 Å². The number of guanidine groups is 1. The monoisotopic (exact) mass is 297 g/mol. The van der Waals surface area contributed by atoms with Crippen molar-refractivity contribution in [3.8, 4) is 0 Å². The molecule has 2 atom stereocenters. The van der Waals surface area contributed by atoms with Crippen LogP contribution >= 0.6 is 0 Å². The molecule has 2 aromatic rings. The zero-order chi connectivity index (χ0) is 15.7. The molecular weight excluding hydrogens is 277 g/mol. The lowest BCUT2D eigenvalue weighted by molar-refractivity contribution is 0.609. The van der Waals surface area contributed by atoms with Crippen molar-refractivity contribution in [3.63, 3.8) is 0 Å². The number of anilines is 1. The van der Waals surface area contributed by atoms with Crippen LogP contribution in [0.3, 0.4) is 0 Å². The summed E-state index contributed by atoms with van der Waals surface area (Å²) < 4.78 is 13.7. The quantitative estimate of drug-likeness (QED) is 0.670. The average Bonchev–Trinajstić information content (AvgIpc) is 3.22. The minimum Gasteiger partial charge on any atom is -0.370 e. The molecule has 2 aromatic carbocycles. The standard InChI is InChI=1S/C18H20FN3/c1-11-7-8-13(9-12(11)2)21-18(20)22-17-10-15(17)14-5-3-4-6-16(14)19/h3-9,15,17H,10H2,1-2H3,(H3,20,21,22)/t15-,17+/m0/s1. The first-order valence-corrected chi connectivity index (χ1v) is 7.46. The lowest BCUT2D eigenvalue weighted by atomic mass is 10.1. The molecule has 3 N–H and O–H groups in total. The Morgan fingerprint density at radius 3 is 2.68 bits per heavy atom. The van der Waals surface area contributed by atoms with Crippen LogP contribution in [-0.4, -0.2) is 12.0 Å². The molecule has 1 aliphatic carbocycles. The van der Waals surface area contributed by atoms with Crippen molar-refractivity contribution in [2.24, 2.45) is 10.7 Å². The number of hydrogen-bond donors (Lipinski definition) is 2. The summed E-state index contributed by atoms with van der Waals surface area (Å²) in [4.78, 5) is 4.45. The minimum atomic E-state index is -0.161. The van der Waals surface area contributed by atoms with Gasteiger partial charge in [0.05, 0.1) is 6.04 Å². The van der Waals surface area contributed by atoms with Crippen LogP contribution in [0.4, 0.5) is 10.1 Å². The normalized spacial score (nSPS) is 20.8. The Kier molecular flexibility index (Phi) is 3.84. The van der Waals surface area contributed by atoms with Crippen molar-refractivity contribution in [1.82, 2.24) is 0 Å². The van der Waals surface area contributed by atoms with Crippen LogP contribution in [0.5, 0.6) is 0 Å². The lowest BCUT2D eigenvalue weighted by Gasteiger charge is -2.08. The van der Waals surface area contributed by atoms with Crippen LogP contribution in [-0.2, 0) is 0 Å². The number of aryl methyl sites for hydroxylation is 2. The van der Waals surface area contributed by atoms with Gasteiger partial charge < -0.3 is 11.1 Å². The van der Waals surface area contributed by atoms with Gasteiger partial charge in [0.2, 0.25) is 0 Å². The van der Waals surface area contributed by atoms with Gasteiger partial charge in [0.1, 0.15) is 5.82 Å². The molecule has 1 saturated carbocycles. The Bertz CT molecular complexity index is 724. The van der Waals surface area contributed by atoms with Gasteiger partial charge in [-0.2, -0.15) is 0 Å². The Morgan fingerprint density at radius 2 is 1.95 bits per heavy atom. The molecule has 22 heavy (non-hydrogen) atoms. The molecule has 114 valence electrons. The second kappa shape index (κ2) is 5.79. The Hall–Kier alpha value is -2.36. The van der Waals surface area contributed by atoms with Gasteiger partial charge in [0, 0.05) is 11.6 Å². The highest BCUT2D eigenvalue weighted by molar-refractivity contribution is 5.92. The van der Waals surface area contributed by atoms with Crippen molar-refractivity contribution in [2.75, 3.05) is 5.32 Å². The average molecular weight is 297 g/mol. The third kappa shape index (κ3) is 3.11. The van der Waals surface area contributed by atoms with Gasteiger partial charge in [-0.3, -0.25) is 0 Å². The number of aliphatic imine (C=N–C) groups is 1. The topological polar surface area (TPSA) is 50.4 Å². The number of nitrogens with two attached hydrogens (primary N) is 1. The predicted octanol–water partition coefficient (Wildman–Crippen LogP) is 3.73. The number of halogens is 1. The molecule has 3 nitrogen and oxygen atoms in total. The molecule has 1 fully saturated rings. The fourth-order valence-corrected chi connectivity index (χ4v) is 2.61. The Balaban J connectivity index is 1.66. The molecule has 1 aliphatic rings. The van der Waals surface area contributed by atoms with Gasteiger partial charge in [-0.05, 0) is 55.2 Å². The van der Waals surface area contributed by atoms with Crippen LogP contribution in [0.25, 0.3) is 0 Å². The van der Waals surface area contributed by atoms with Gasteiger partial charge in [0.25, 0.3) is 0 Å². The summed E-state index contributed by atoms with van der Waals surface area (Å²) in [5, 5.41) is 3.10. The van der Waals surface area contributed by atoms with Crippen molar-refractivity contribution < 1.29 is 4.39 Å². The molecule has 4 heteroatoms. The van der Waals surface area contributed by atoms with Crippen molar-refractivity contribution >= 4 is 11.6 Å². The van der Waals surface area contributed by atoms with Gasteiger partial charge >= 0.3 is 0 Å². The third-order valence-corrected chi connectivity index (χ3v) is 4.15. The van der Waals surface area contributed by atoms with Crippen LogP contribution < -0.4 is 11.1 Å². The summed E-state index contributed by atoms with van der Waals surface area (Å²) in [7, 11) is 0. The number of nitrogens with zero attached hydrogens (tertiary/aromatic N) is 1. The van der Waals surface area contributed by atoms with E-state index in [1.807, 2.05) is 30.3 Å². The molecule has 0 amide bonds. The van der Waals surface area contributed by atoms with E-state index in [9.17, 15) is 4.39 Å². The van der Waals surface area contributed by atoms with E-state index in [-0.39, 0.29) is 17.8 Å². The van der Waals surface area contributed by atoms with E-state index in [1.54, 1.807) is 6.07 Å². The maximum atomic E-state index is 13.7. The summed E-state index contributed by atoms with van der Waals surface area (Å²) >= 11 is 0. The molecular formula is C18H20FN3. The first-order valence-electron chi connectivity index (χ1n) is 7.46. The fourth-order valence-electron chi connectivity index (χ4n) is 2.61. The maximum Gasteiger partial charge on any atom is 0.193 e. The van der Waals surface area contributed by atoms with Crippen LogP contribution in [0.1, 0.15) is 29.0 Å². The van der Waals surface area contributed by atoms with E-state index >= 15 is 0 Å². The minimum absolute atomic E-state index is 0.0657. The van der Waals surface area contributed by atoms with Crippen LogP contribution in [0.2, 0.25) is 0 Å². The summed E-state index contributed by atoms with van der Waals surface area (Å²) in [6, 6.07) is 13.0. The van der Waals surface area contributed by atoms with E-state index in [2.05, 4.69) is 24.2 Å². The first kappa shape index (κ1) is 14.6. The number of nitrogens with one attached hydrogen (secondary N) is 1. The lowest BCUT2D eigenvalue weighted by Crippen LogP contribution is -2.23. The van der Waals surface area contributed by atoms with E-state index in [1.165, 1.54) is 17.2 Å². The van der Waals surface area contributed by atoms with Gasteiger partial charge in [-0.15, -0.1) is 0 Å². The predicted molar refractivity (Wildman–Crippen MR) is 88.7 cm³/mol. The molecule has 0 radical (unpaired) electrons. The highest BCUT2D eigenvalue weighted by atomic mass is 19.1. The highest BCUT2D eigenvalue weighted by Crippen LogP contribution is 2.44. The van der Waals surface area contributed by atoms with E-state index < -0.39 is 0 Å². The molecule has 0 aliphatic heterocycles. The zero-order valence-electron chi connectivity index (χ0n) is 12.8. The fraction of sp³-hybridized carbons (Fsp3) is 0.278. The number of benzene rings is 2. The molecule has 0 aromatic heterocycles. The number of hydrogen-bond acceptors (Lipinski definition) is 1. The summed E-state index contributed by atoms with van der Waals surface area (Å²) in [5.41, 5.74) is 10.1. The maximum absolute atomic E-state index is 13.7. The van der Waals surface area contributed by atoms with Gasteiger partial charge in [-0.25, -0.2) is 9.38 Å².